The van der Waals surface area contributed by atoms with Gasteiger partial charge in [0.1, 0.15) is 10.6 Å². The number of rotatable bonds is 4. The zero-order valence-electron chi connectivity index (χ0n) is 17.4. The number of phenolic OH excluding ortho intramolecular Hbond substituents is 1. The van der Waals surface area contributed by atoms with Crippen LogP contribution < -0.4 is 0 Å². The summed E-state index contributed by atoms with van der Waals surface area (Å²) in [7, 11) is -1.73. The van der Waals surface area contributed by atoms with Gasteiger partial charge in [-0.05, 0) is 79.8 Å². The molecule has 0 amide bonds. The van der Waals surface area contributed by atoms with Gasteiger partial charge in [0.15, 0.2) is 0 Å². The number of hydrogen-bond donors (Lipinski definition) is 1. The lowest BCUT2D eigenvalue weighted by Gasteiger charge is -2.12. The molecule has 0 saturated carbocycles. The van der Waals surface area contributed by atoms with Crippen LogP contribution in [0.2, 0.25) is 0 Å². The zero-order valence-corrected chi connectivity index (χ0v) is 18.2. The zero-order chi connectivity index (χ0) is 21.3. The van der Waals surface area contributed by atoms with Crippen LogP contribution in [0.1, 0.15) is 27.8 Å². The normalized spacial score (nSPS) is 14.9. The maximum absolute atomic E-state index is 13.2. The maximum atomic E-state index is 13.2. The number of sulfone groups is 1. The third-order valence-electron chi connectivity index (χ3n) is 5.86. The van der Waals surface area contributed by atoms with E-state index in [-0.39, 0.29) is 15.5 Å². The van der Waals surface area contributed by atoms with E-state index in [1.807, 2.05) is 12.1 Å². The molecule has 30 heavy (non-hydrogen) atoms. The molecule has 3 aromatic rings. The van der Waals surface area contributed by atoms with E-state index in [1.54, 1.807) is 24.3 Å². The molecule has 1 aliphatic rings. The Bertz CT molecular complexity index is 1150. The van der Waals surface area contributed by atoms with E-state index < -0.39 is 9.84 Å². The molecule has 3 aromatic carbocycles. The molecule has 0 spiro atoms. The summed E-state index contributed by atoms with van der Waals surface area (Å²) in [6.07, 6.45) is 2.34. The van der Waals surface area contributed by atoms with E-state index >= 15 is 0 Å². The van der Waals surface area contributed by atoms with Gasteiger partial charge in [0.25, 0.3) is 0 Å². The molecular formula is C25H27NO3S. The second-order valence-electron chi connectivity index (χ2n) is 8.20. The molecule has 1 aliphatic heterocycles. The van der Waals surface area contributed by atoms with Crippen molar-refractivity contribution in [1.29, 1.82) is 0 Å². The van der Waals surface area contributed by atoms with Gasteiger partial charge in [0.05, 0.1) is 4.90 Å². The predicted octanol–water partition coefficient (Wildman–Crippen LogP) is 4.15. The Hall–Kier alpha value is -2.63. The van der Waals surface area contributed by atoms with Crippen LogP contribution in [0.25, 0.3) is 0 Å². The second-order valence-corrected chi connectivity index (χ2v) is 10.1. The molecule has 4 nitrogen and oxygen atoms in total. The smallest absolute Gasteiger partial charge is 0.210 e. The van der Waals surface area contributed by atoms with Gasteiger partial charge in [0.2, 0.25) is 9.84 Å². The molecule has 1 N–H and O–H groups in total. The first-order chi connectivity index (χ1) is 14.3. The monoisotopic (exact) mass is 421 g/mol. The van der Waals surface area contributed by atoms with E-state index in [9.17, 15) is 13.5 Å². The van der Waals surface area contributed by atoms with Crippen LogP contribution in [0.15, 0.2) is 70.5 Å². The van der Waals surface area contributed by atoms with Gasteiger partial charge in [0, 0.05) is 13.1 Å². The average Bonchev–Trinajstić information content (AvgIpc) is 2.91. The summed E-state index contributed by atoms with van der Waals surface area (Å²) in [4.78, 5) is 2.42. The topological polar surface area (TPSA) is 57.6 Å². The number of hydrogen-bond acceptors (Lipinski definition) is 4. The minimum absolute atomic E-state index is 0.00270. The first kappa shape index (κ1) is 20.6. The minimum Gasteiger partial charge on any atom is -0.507 e. The molecule has 0 saturated heterocycles. The van der Waals surface area contributed by atoms with Gasteiger partial charge in [-0.15, -0.1) is 0 Å². The number of aromatic hydroxyl groups is 1. The van der Waals surface area contributed by atoms with Crippen molar-refractivity contribution in [2.75, 3.05) is 20.1 Å². The Morgan fingerprint density at radius 1 is 0.867 bits per heavy atom. The van der Waals surface area contributed by atoms with Crippen LogP contribution in [0.5, 0.6) is 5.75 Å². The number of fused-ring (bicyclic) bond motifs is 1. The fraction of sp³-hybridized carbons (Fsp3) is 0.280. The summed E-state index contributed by atoms with van der Waals surface area (Å²) in [6, 6.07) is 18.6. The fourth-order valence-corrected chi connectivity index (χ4v) is 5.30. The van der Waals surface area contributed by atoms with Crippen LogP contribution in [-0.2, 0) is 29.1 Å². The van der Waals surface area contributed by atoms with Crippen molar-refractivity contribution in [1.82, 2.24) is 4.90 Å². The van der Waals surface area contributed by atoms with Crippen LogP contribution in [0.4, 0.5) is 0 Å². The van der Waals surface area contributed by atoms with Gasteiger partial charge in [-0.3, -0.25) is 0 Å². The van der Waals surface area contributed by atoms with Gasteiger partial charge in [-0.25, -0.2) is 8.42 Å². The number of benzene rings is 3. The van der Waals surface area contributed by atoms with Crippen LogP contribution in [-0.4, -0.2) is 38.6 Å². The van der Waals surface area contributed by atoms with Gasteiger partial charge in [-0.2, -0.15) is 0 Å². The molecular weight excluding hydrogens is 394 g/mol. The van der Waals surface area contributed by atoms with Gasteiger partial charge < -0.3 is 10.0 Å². The highest BCUT2D eigenvalue weighted by Gasteiger charge is 2.24. The predicted molar refractivity (Wildman–Crippen MR) is 119 cm³/mol. The molecule has 4 rings (SSSR count). The van der Waals surface area contributed by atoms with Crippen molar-refractivity contribution in [2.45, 2.75) is 36.0 Å². The SMILES string of the molecule is Cc1ccc(Cc2ccc(S(=O)(=O)c3cc4c(cc3O)CCN(C)CC4)cc2)cc1. The fourth-order valence-electron chi connectivity index (χ4n) is 3.92. The van der Waals surface area contributed by atoms with E-state index in [2.05, 4.69) is 43.1 Å². The summed E-state index contributed by atoms with van der Waals surface area (Å²) in [5, 5.41) is 10.5. The number of phenols is 1. The lowest BCUT2D eigenvalue weighted by atomic mass is 10.0. The Balaban J connectivity index is 1.61. The highest BCUT2D eigenvalue weighted by Crippen LogP contribution is 2.33. The Kier molecular flexibility index (Phi) is 5.67. The lowest BCUT2D eigenvalue weighted by molar-refractivity contribution is 0.352. The molecule has 0 atom stereocenters. The standard InChI is InChI=1S/C25H27NO3S/c1-18-3-5-19(6-4-18)15-20-7-9-23(10-8-20)30(28,29)25-17-22-12-14-26(2)13-11-21(22)16-24(25)27/h3-10,16-17,27H,11-15H2,1-2H3. The third-order valence-corrected chi connectivity index (χ3v) is 7.66. The highest BCUT2D eigenvalue weighted by atomic mass is 32.2. The van der Waals surface area contributed by atoms with Crippen molar-refractivity contribution < 1.29 is 13.5 Å². The average molecular weight is 422 g/mol. The van der Waals surface area contributed by atoms with Crippen LogP contribution >= 0.6 is 0 Å². The van der Waals surface area contributed by atoms with E-state index in [4.69, 9.17) is 0 Å². The molecule has 1 heterocycles. The van der Waals surface area contributed by atoms with Crippen molar-refractivity contribution in [3.05, 3.63) is 88.5 Å². The minimum atomic E-state index is -3.79. The summed E-state index contributed by atoms with van der Waals surface area (Å²) in [5.41, 5.74) is 5.49. The summed E-state index contributed by atoms with van der Waals surface area (Å²) < 4.78 is 26.5. The largest absolute Gasteiger partial charge is 0.507 e. The first-order valence-electron chi connectivity index (χ1n) is 10.3. The molecule has 0 bridgehead atoms. The van der Waals surface area contributed by atoms with Crippen molar-refractivity contribution in [3.8, 4) is 5.75 Å². The van der Waals surface area contributed by atoms with Gasteiger partial charge in [-0.1, -0.05) is 42.0 Å². The molecule has 0 aliphatic carbocycles. The van der Waals surface area contributed by atoms with Crippen molar-refractivity contribution in [3.63, 3.8) is 0 Å². The van der Waals surface area contributed by atoms with Gasteiger partial charge >= 0.3 is 0 Å². The van der Waals surface area contributed by atoms with E-state index in [0.717, 1.165) is 49.0 Å². The first-order valence-corrected chi connectivity index (χ1v) is 11.7. The molecule has 0 aromatic heterocycles. The van der Waals surface area contributed by atoms with Crippen LogP contribution in [0.3, 0.4) is 0 Å². The molecule has 0 radical (unpaired) electrons. The maximum Gasteiger partial charge on any atom is 0.210 e. The summed E-state index contributed by atoms with van der Waals surface area (Å²) in [5.74, 6) is -0.165. The summed E-state index contributed by atoms with van der Waals surface area (Å²) in [6.45, 7) is 3.84. The molecule has 156 valence electrons. The summed E-state index contributed by atoms with van der Waals surface area (Å²) >= 11 is 0. The number of likely N-dealkylation sites (N-methyl/N-ethyl adjacent to an activating group) is 1. The van der Waals surface area contributed by atoms with E-state index in [0.29, 0.717) is 0 Å². The third kappa shape index (κ3) is 4.27. The number of aryl methyl sites for hydroxylation is 1. The Labute approximate surface area is 178 Å². The van der Waals surface area contributed by atoms with Crippen LogP contribution in [0, 0.1) is 6.92 Å². The molecule has 5 heteroatoms. The molecule has 0 fully saturated rings. The Morgan fingerprint density at radius 2 is 1.40 bits per heavy atom. The second kappa shape index (κ2) is 8.25. The van der Waals surface area contributed by atoms with E-state index in [1.165, 1.54) is 11.1 Å². The quantitative estimate of drug-likeness (QED) is 0.687. The van der Waals surface area contributed by atoms with Crippen molar-refractivity contribution >= 4 is 9.84 Å². The Morgan fingerprint density at radius 3 is 2.00 bits per heavy atom. The van der Waals surface area contributed by atoms with Crippen molar-refractivity contribution in [2.24, 2.45) is 0 Å². The molecule has 0 unspecified atom stereocenters. The number of nitrogens with zero attached hydrogens (tertiary/aromatic N) is 1. The lowest BCUT2D eigenvalue weighted by Crippen LogP contribution is -2.20. The highest BCUT2D eigenvalue weighted by molar-refractivity contribution is 7.91.